The Bertz CT molecular complexity index is 467. The largest absolute Gasteiger partial charge is 0.491 e. The maximum atomic E-state index is 11.3. The van der Waals surface area contributed by atoms with E-state index in [2.05, 4.69) is 10.1 Å². The monoisotopic (exact) mass is 206 g/mol. The van der Waals surface area contributed by atoms with Crippen molar-refractivity contribution in [3.63, 3.8) is 0 Å². The lowest BCUT2D eigenvalue weighted by Crippen LogP contribution is -2.13. The second kappa shape index (κ2) is 4.63. The van der Waals surface area contributed by atoms with E-state index in [1.807, 2.05) is 0 Å². The van der Waals surface area contributed by atoms with E-state index >= 15 is 0 Å². The molecule has 1 aromatic heterocycles. The zero-order valence-electron chi connectivity index (χ0n) is 7.97. The van der Waals surface area contributed by atoms with E-state index in [9.17, 15) is 4.79 Å². The molecule has 0 unspecified atom stereocenters. The average Bonchev–Trinajstić information content (AvgIpc) is 2.26. The van der Waals surface area contributed by atoms with Crippen LogP contribution in [-0.2, 0) is 6.54 Å². The minimum absolute atomic E-state index is 0.00770. The quantitative estimate of drug-likeness (QED) is 0.335. The van der Waals surface area contributed by atoms with Gasteiger partial charge in [-0.1, -0.05) is 0 Å². The van der Waals surface area contributed by atoms with E-state index in [-0.39, 0.29) is 17.7 Å². The van der Waals surface area contributed by atoms with Crippen LogP contribution >= 0.6 is 0 Å². The molecule has 1 rings (SSSR count). The lowest BCUT2D eigenvalue weighted by molar-refractivity contribution is 0.407. The number of H-pyrrole nitrogens is 1. The van der Waals surface area contributed by atoms with Gasteiger partial charge in [0.15, 0.2) is 12.3 Å². The Kier molecular flexibility index (Phi) is 3.25. The molecule has 0 aliphatic carbocycles. The van der Waals surface area contributed by atoms with Crippen LogP contribution in [0.3, 0.4) is 0 Å². The van der Waals surface area contributed by atoms with Crippen LogP contribution in [0.2, 0.25) is 0 Å². The van der Waals surface area contributed by atoms with E-state index in [1.165, 1.54) is 19.4 Å². The highest BCUT2D eigenvalue weighted by atomic mass is 16.5. The predicted octanol–water partition coefficient (Wildman–Crippen LogP) is 0.435. The van der Waals surface area contributed by atoms with E-state index in [0.29, 0.717) is 5.69 Å². The summed E-state index contributed by atoms with van der Waals surface area (Å²) in [6.45, 7) is -0.00770. The molecule has 0 fully saturated rings. The number of rotatable bonds is 3. The van der Waals surface area contributed by atoms with Gasteiger partial charge in [-0.15, -0.1) is 0 Å². The molecule has 0 amide bonds. The van der Waals surface area contributed by atoms with Crippen molar-refractivity contribution in [1.29, 1.82) is 10.7 Å². The molecule has 0 aromatic carbocycles. The minimum Gasteiger partial charge on any atom is -0.491 e. The Hall–Kier alpha value is -2.54. The van der Waals surface area contributed by atoms with Crippen LogP contribution in [0.25, 0.3) is 5.08 Å². The van der Waals surface area contributed by atoms with Gasteiger partial charge in [0, 0.05) is 18.0 Å². The number of hydrogen-bond donors (Lipinski definition) is 1. The highest BCUT2D eigenvalue weighted by molar-refractivity contribution is 5.20. The average molecular weight is 206 g/mol. The number of diazo groups is 1. The molecule has 0 saturated carbocycles. The third kappa shape index (κ3) is 2.45. The zero-order valence-corrected chi connectivity index (χ0v) is 7.97. The van der Waals surface area contributed by atoms with Gasteiger partial charge >= 0.3 is 5.08 Å². The summed E-state index contributed by atoms with van der Waals surface area (Å²) in [5, 5.41) is 20.2. The molecular formula is C8H8N5O2+. The Labute approximate surface area is 85.1 Å². The summed E-state index contributed by atoms with van der Waals surface area (Å²) in [4.78, 5) is 14.0. The molecule has 0 aliphatic rings. The van der Waals surface area contributed by atoms with E-state index in [0.717, 1.165) is 5.01 Å². The maximum Gasteiger partial charge on any atom is 0.321 e. The fourth-order valence-electron chi connectivity index (χ4n) is 1.000. The van der Waals surface area contributed by atoms with Crippen molar-refractivity contribution in [1.82, 2.24) is 9.99 Å². The van der Waals surface area contributed by atoms with Crippen molar-refractivity contribution in [3.05, 3.63) is 33.3 Å². The number of aromatic nitrogens is 1. The normalized spacial score (nSPS) is 8.73. The molecule has 0 atom stereocenters. The maximum absolute atomic E-state index is 11.3. The summed E-state index contributed by atoms with van der Waals surface area (Å²) in [5.74, 6) is 0.184. The van der Waals surface area contributed by atoms with Gasteiger partial charge in [-0.05, 0) is 0 Å². The number of ether oxygens (including phenoxy) is 1. The van der Waals surface area contributed by atoms with Crippen LogP contribution in [0.15, 0.2) is 17.1 Å². The van der Waals surface area contributed by atoms with Crippen molar-refractivity contribution < 1.29 is 4.74 Å². The van der Waals surface area contributed by atoms with Gasteiger partial charge in [-0.3, -0.25) is 4.79 Å². The fraction of sp³-hybridized carbons (Fsp3) is 0.250. The lowest BCUT2D eigenvalue weighted by Gasteiger charge is -2.00. The van der Waals surface area contributed by atoms with Crippen molar-refractivity contribution in [3.8, 4) is 11.9 Å². The third-order valence-electron chi connectivity index (χ3n) is 1.70. The molecular weight excluding hydrogens is 198 g/mol. The summed E-state index contributed by atoms with van der Waals surface area (Å²) in [6, 6.07) is 1.27. The van der Waals surface area contributed by atoms with E-state index in [1.54, 1.807) is 6.19 Å². The van der Waals surface area contributed by atoms with Crippen molar-refractivity contribution in [2.45, 2.75) is 6.54 Å². The van der Waals surface area contributed by atoms with Crippen molar-refractivity contribution in [2.75, 3.05) is 7.11 Å². The first kappa shape index (κ1) is 10.5. The molecule has 0 spiro atoms. The van der Waals surface area contributed by atoms with Crippen LogP contribution in [0.4, 0.5) is 0 Å². The second-order valence-corrected chi connectivity index (χ2v) is 2.64. The molecule has 0 bridgehead atoms. The van der Waals surface area contributed by atoms with Gasteiger partial charge in [0.25, 0.3) is 11.6 Å². The number of methoxy groups -OCH3 is 1. The highest BCUT2D eigenvalue weighted by Gasteiger charge is 2.14. The number of nitrogens with zero attached hydrogens (tertiary/aromatic N) is 4. The summed E-state index contributed by atoms with van der Waals surface area (Å²) in [6.07, 6.45) is 2.99. The van der Waals surface area contributed by atoms with E-state index < -0.39 is 0 Å². The fourth-order valence-corrected chi connectivity index (χ4v) is 1.000. The highest BCUT2D eigenvalue weighted by Crippen LogP contribution is 2.03. The van der Waals surface area contributed by atoms with Gasteiger partial charge < -0.3 is 9.72 Å². The van der Waals surface area contributed by atoms with Gasteiger partial charge in [0.05, 0.1) is 12.1 Å². The standard InChI is InChI=1S/C8H7N5O2/c1-15-8-3-11-6(2-7(8)14)4-13(5-9)12-10/h2-3H,4H2,1H3/p+1. The minimum atomic E-state index is -0.304. The molecule has 0 saturated heterocycles. The lowest BCUT2D eigenvalue weighted by atomic mass is 10.3. The molecule has 76 valence electrons. The molecule has 1 N–H and O–H groups in total. The molecule has 7 heteroatoms. The zero-order chi connectivity index (χ0) is 11.3. The first-order chi connectivity index (χ1) is 7.21. The number of nitrogens with one attached hydrogen (secondary N) is 1. The van der Waals surface area contributed by atoms with Crippen LogP contribution in [0, 0.1) is 16.8 Å². The van der Waals surface area contributed by atoms with E-state index in [4.69, 9.17) is 15.4 Å². The third-order valence-corrected chi connectivity index (χ3v) is 1.70. The summed E-state index contributed by atoms with van der Waals surface area (Å²) in [5.41, 5.74) is 0.141. The summed E-state index contributed by atoms with van der Waals surface area (Å²) < 4.78 is 4.76. The van der Waals surface area contributed by atoms with Gasteiger partial charge in [-0.25, -0.2) is 0 Å². The van der Waals surface area contributed by atoms with Crippen molar-refractivity contribution >= 4 is 0 Å². The SMILES string of the molecule is COc1c[nH]c(CN(C#N)[N+]#N)cc1=O. The Morgan fingerprint density at radius 3 is 2.93 bits per heavy atom. The molecule has 7 nitrogen and oxygen atoms in total. The molecule has 0 aliphatic heterocycles. The predicted molar refractivity (Wildman–Crippen MR) is 49.9 cm³/mol. The van der Waals surface area contributed by atoms with Crippen LogP contribution in [0.1, 0.15) is 5.69 Å². The Morgan fingerprint density at radius 2 is 2.47 bits per heavy atom. The Morgan fingerprint density at radius 1 is 1.73 bits per heavy atom. The van der Waals surface area contributed by atoms with Gasteiger partial charge in [0.2, 0.25) is 5.43 Å². The number of hydrogen-bond acceptors (Lipinski definition) is 5. The first-order valence-electron chi connectivity index (χ1n) is 3.99. The number of pyridine rings is 1. The number of nitriles is 1. The summed E-state index contributed by atoms with van der Waals surface area (Å²) >= 11 is 0. The van der Waals surface area contributed by atoms with Crippen molar-refractivity contribution in [2.24, 2.45) is 0 Å². The molecule has 15 heavy (non-hydrogen) atoms. The summed E-state index contributed by atoms with van der Waals surface area (Å²) in [7, 11) is 1.38. The smallest absolute Gasteiger partial charge is 0.321 e. The molecule has 1 heterocycles. The van der Waals surface area contributed by atoms with Crippen LogP contribution < -0.4 is 10.2 Å². The molecule has 1 aromatic rings. The topological polar surface area (TPSA) is 97.3 Å². The van der Waals surface area contributed by atoms with Crippen LogP contribution in [-0.4, -0.2) is 17.1 Å². The van der Waals surface area contributed by atoms with Gasteiger partial charge in [-0.2, -0.15) is 5.26 Å². The molecule has 0 radical (unpaired) electrons. The second-order valence-electron chi connectivity index (χ2n) is 2.64. The Balaban J connectivity index is 2.91. The van der Waals surface area contributed by atoms with Crippen LogP contribution in [0.5, 0.6) is 5.75 Å². The van der Waals surface area contributed by atoms with Gasteiger partial charge in [0.1, 0.15) is 0 Å². The number of aromatic amines is 1. The first-order valence-corrected chi connectivity index (χ1v) is 3.99.